The van der Waals surface area contributed by atoms with E-state index in [0.717, 1.165) is 6.07 Å². The molecule has 0 aliphatic heterocycles. The highest BCUT2D eigenvalue weighted by molar-refractivity contribution is 7.88. The third-order valence-corrected chi connectivity index (χ3v) is 4.07. The van der Waals surface area contributed by atoms with Gasteiger partial charge < -0.3 is 8.60 Å². The smallest absolute Gasteiger partial charge is 0.456 e. The first-order chi connectivity index (χ1) is 10.2. The zero-order valence-corrected chi connectivity index (χ0v) is 12.1. The fraction of sp³-hybridized carbons (Fsp3) is 0.0769. The SMILES string of the molecule is O=S(=O)(Oc1cc(Cl)cc2oc3ccccc3c12)C(F)(F)F. The Morgan fingerprint density at radius 3 is 2.45 bits per heavy atom. The van der Waals surface area contributed by atoms with Gasteiger partial charge in [0.2, 0.25) is 0 Å². The number of furan rings is 1. The van der Waals surface area contributed by atoms with Crippen LogP contribution in [0.4, 0.5) is 13.2 Å². The number of hydrogen-bond acceptors (Lipinski definition) is 4. The molecule has 2 aromatic carbocycles. The maximum Gasteiger partial charge on any atom is 0.534 e. The van der Waals surface area contributed by atoms with E-state index in [1.165, 1.54) is 6.07 Å². The predicted molar refractivity (Wildman–Crippen MR) is 74.3 cm³/mol. The van der Waals surface area contributed by atoms with E-state index < -0.39 is 21.4 Å². The Morgan fingerprint density at radius 1 is 1.09 bits per heavy atom. The van der Waals surface area contributed by atoms with Crippen molar-refractivity contribution in [2.45, 2.75) is 5.51 Å². The molecule has 4 nitrogen and oxygen atoms in total. The molecule has 0 aliphatic carbocycles. The molecule has 1 heterocycles. The van der Waals surface area contributed by atoms with Crippen molar-refractivity contribution in [3.8, 4) is 5.75 Å². The molecule has 0 fully saturated rings. The summed E-state index contributed by atoms with van der Waals surface area (Å²) in [6.07, 6.45) is 0. The Morgan fingerprint density at radius 2 is 1.77 bits per heavy atom. The summed E-state index contributed by atoms with van der Waals surface area (Å²) < 4.78 is 69.6. The minimum Gasteiger partial charge on any atom is -0.456 e. The largest absolute Gasteiger partial charge is 0.534 e. The van der Waals surface area contributed by atoms with Gasteiger partial charge in [0.15, 0.2) is 5.75 Å². The van der Waals surface area contributed by atoms with Gasteiger partial charge in [-0.1, -0.05) is 29.8 Å². The summed E-state index contributed by atoms with van der Waals surface area (Å²) in [7, 11) is -5.81. The van der Waals surface area contributed by atoms with Crippen LogP contribution in [0, 0.1) is 0 Å². The van der Waals surface area contributed by atoms with Crippen LogP contribution >= 0.6 is 11.6 Å². The lowest BCUT2D eigenvalue weighted by Crippen LogP contribution is -2.28. The maximum absolute atomic E-state index is 12.5. The molecule has 0 aliphatic rings. The fourth-order valence-electron chi connectivity index (χ4n) is 2.02. The van der Waals surface area contributed by atoms with Crippen molar-refractivity contribution < 1.29 is 30.2 Å². The molecule has 0 saturated heterocycles. The van der Waals surface area contributed by atoms with Gasteiger partial charge in [-0.2, -0.15) is 21.6 Å². The van der Waals surface area contributed by atoms with E-state index in [1.807, 2.05) is 0 Å². The van der Waals surface area contributed by atoms with Crippen LogP contribution in [0.1, 0.15) is 0 Å². The van der Waals surface area contributed by atoms with Crippen LogP contribution in [0.25, 0.3) is 21.9 Å². The van der Waals surface area contributed by atoms with E-state index in [4.69, 9.17) is 16.0 Å². The monoisotopic (exact) mass is 350 g/mol. The van der Waals surface area contributed by atoms with E-state index in [2.05, 4.69) is 4.18 Å². The van der Waals surface area contributed by atoms with E-state index in [0.29, 0.717) is 11.0 Å². The van der Waals surface area contributed by atoms with Crippen molar-refractivity contribution >= 4 is 43.7 Å². The number of hydrogen-bond donors (Lipinski definition) is 0. The van der Waals surface area contributed by atoms with Gasteiger partial charge in [-0.25, -0.2) is 0 Å². The van der Waals surface area contributed by atoms with Gasteiger partial charge in [0.1, 0.15) is 11.2 Å². The van der Waals surface area contributed by atoms with Gasteiger partial charge in [0.25, 0.3) is 0 Å². The van der Waals surface area contributed by atoms with E-state index in [1.54, 1.807) is 24.3 Å². The first kappa shape index (κ1) is 15.0. The maximum atomic E-state index is 12.5. The molecule has 0 radical (unpaired) electrons. The summed E-state index contributed by atoms with van der Waals surface area (Å²) in [6.45, 7) is 0. The highest BCUT2D eigenvalue weighted by Gasteiger charge is 2.48. The summed E-state index contributed by atoms with van der Waals surface area (Å²) in [5.41, 5.74) is -5.05. The Kier molecular flexibility index (Phi) is 3.26. The van der Waals surface area contributed by atoms with Crippen LogP contribution in [-0.4, -0.2) is 13.9 Å². The summed E-state index contributed by atoms with van der Waals surface area (Å²) in [5.74, 6) is -0.537. The average molecular weight is 351 g/mol. The first-order valence-corrected chi connectivity index (χ1v) is 7.59. The van der Waals surface area contributed by atoms with Crippen molar-refractivity contribution in [3.05, 3.63) is 41.4 Å². The van der Waals surface area contributed by atoms with Gasteiger partial charge in [-0.3, -0.25) is 0 Å². The first-order valence-electron chi connectivity index (χ1n) is 5.80. The van der Waals surface area contributed by atoms with Crippen LogP contribution in [0.3, 0.4) is 0 Å². The fourth-order valence-corrected chi connectivity index (χ4v) is 2.68. The lowest BCUT2D eigenvalue weighted by molar-refractivity contribution is -0.0499. The standard InChI is InChI=1S/C13H6ClF3O4S/c14-7-5-10-12(8-3-1-2-4-9(8)20-10)11(6-7)21-22(18,19)13(15,16)17/h1-6H. The number of alkyl halides is 3. The van der Waals surface area contributed by atoms with Gasteiger partial charge in [0.05, 0.1) is 5.39 Å². The second-order valence-electron chi connectivity index (χ2n) is 4.36. The summed E-state index contributed by atoms with van der Waals surface area (Å²) >= 11 is 5.78. The number of fused-ring (bicyclic) bond motifs is 3. The Balaban J connectivity index is 2.29. The van der Waals surface area contributed by atoms with Crippen molar-refractivity contribution in [1.82, 2.24) is 0 Å². The molecule has 116 valence electrons. The van der Waals surface area contributed by atoms with Gasteiger partial charge >= 0.3 is 15.6 Å². The van der Waals surface area contributed by atoms with Crippen molar-refractivity contribution in [3.63, 3.8) is 0 Å². The second kappa shape index (κ2) is 4.79. The highest BCUT2D eigenvalue weighted by atomic mass is 35.5. The molecule has 0 spiro atoms. The van der Waals surface area contributed by atoms with Crippen molar-refractivity contribution in [2.75, 3.05) is 0 Å². The van der Waals surface area contributed by atoms with Crippen LogP contribution in [0.5, 0.6) is 5.75 Å². The normalized spacial score (nSPS) is 12.9. The molecule has 3 aromatic rings. The minimum absolute atomic E-state index is 0.0149. The minimum atomic E-state index is -5.81. The topological polar surface area (TPSA) is 56.5 Å². The Labute approximate surface area is 127 Å². The van der Waals surface area contributed by atoms with Crippen molar-refractivity contribution in [2.24, 2.45) is 0 Å². The number of halogens is 4. The number of benzene rings is 2. The van der Waals surface area contributed by atoms with Crippen LogP contribution in [0.2, 0.25) is 5.02 Å². The Hall–Kier alpha value is -1.93. The molecular formula is C13H6ClF3O4S. The van der Waals surface area contributed by atoms with Gasteiger partial charge in [-0.15, -0.1) is 0 Å². The van der Waals surface area contributed by atoms with E-state index in [-0.39, 0.29) is 16.0 Å². The van der Waals surface area contributed by atoms with E-state index >= 15 is 0 Å². The lowest BCUT2D eigenvalue weighted by Gasteiger charge is -2.10. The number of para-hydroxylation sites is 1. The average Bonchev–Trinajstić information content (AvgIpc) is 2.74. The molecule has 3 rings (SSSR count). The zero-order chi connectivity index (χ0) is 16.1. The molecule has 0 N–H and O–H groups in total. The second-order valence-corrected chi connectivity index (χ2v) is 6.33. The van der Waals surface area contributed by atoms with Gasteiger partial charge in [0, 0.05) is 22.5 Å². The molecule has 0 amide bonds. The van der Waals surface area contributed by atoms with Crippen LogP contribution in [0.15, 0.2) is 40.8 Å². The lowest BCUT2D eigenvalue weighted by atomic mass is 10.1. The predicted octanol–water partition coefficient (Wildman–Crippen LogP) is 4.47. The highest BCUT2D eigenvalue weighted by Crippen LogP contribution is 2.39. The molecule has 9 heteroatoms. The van der Waals surface area contributed by atoms with Crippen LogP contribution in [-0.2, 0) is 10.1 Å². The summed E-state index contributed by atoms with van der Waals surface area (Å²) in [5, 5.41) is 0.508. The molecule has 0 bridgehead atoms. The molecule has 0 unspecified atom stereocenters. The molecule has 1 aromatic heterocycles. The molecular weight excluding hydrogens is 345 g/mol. The number of rotatable bonds is 2. The van der Waals surface area contributed by atoms with Crippen LogP contribution < -0.4 is 4.18 Å². The molecule has 22 heavy (non-hydrogen) atoms. The Bertz CT molecular complexity index is 976. The van der Waals surface area contributed by atoms with Crippen molar-refractivity contribution in [1.29, 1.82) is 0 Å². The molecule has 0 atom stereocenters. The van der Waals surface area contributed by atoms with Gasteiger partial charge in [-0.05, 0) is 6.07 Å². The third kappa shape index (κ3) is 2.38. The third-order valence-electron chi connectivity index (χ3n) is 2.89. The summed E-state index contributed by atoms with van der Waals surface area (Å²) in [6, 6.07) is 8.82. The zero-order valence-electron chi connectivity index (χ0n) is 10.5. The van der Waals surface area contributed by atoms with E-state index in [9.17, 15) is 21.6 Å². The molecule has 0 saturated carbocycles. The quantitative estimate of drug-likeness (QED) is 0.505. The summed E-state index contributed by atoms with van der Waals surface area (Å²) in [4.78, 5) is 0.